The fourth-order valence-electron chi connectivity index (χ4n) is 4.22. The molecule has 21 heavy (non-hydrogen) atoms. The van der Waals surface area contributed by atoms with E-state index in [0.717, 1.165) is 12.5 Å². The molecule has 0 bridgehead atoms. The summed E-state index contributed by atoms with van der Waals surface area (Å²) < 4.78 is 0. The molecule has 0 aromatic rings. The topological polar surface area (TPSA) is 35.5 Å². The van der Waals surface area contributed by atoms with Crippen LogP contribution in [0.15, 0.2) is 0 Å². The van der Waals surface area contributed by atoms with Gasteiger partial charge in [-0.15, -0.1) is 0 Å². The summed E-state index contributed by atoms with van der Waals surface area (Å²) in [6.45, 7) is 9.59. The van der Waals surface area contributed by atoms with Crippen molar-refractivity contribution in [3.05, 3.63) is 0 Å². The van der Waals surface area contributed by atoms with Crippen LogP contribution in [-0.2, 0) is 0 Å². The van der Waals surface area contributed by atoms with Crippen molar-refractivity contribution in [2.75, 3.05) is 32.8 Å². The lowest BCUT2D eigenvalue weighted by Crippen LogP contribution is -2.48. The molecule has 2 aliphatic rings. The second-order valence-corrected chi connectivity index (χ2v) is 7.89. The summed E-state index contributed by atoms with van der Waals surface area (Å²) in [5.74, 6) is 0.729. The Balaban J connectivity index is 1.93. The van der Waals surface area contributed by atoms with Crippen molar-refractivity contribution in [1.82, 2.24) is 10.2 Å². The van der Waals surface area contributed by atoms with E-state index in [1.807, 2.05) is 0 Å². The van der Waals surface area contributed by atoms with Crippen LogP contribution in [0.1, 0.15) is 65.2 Å². The maximum atomic E-state index is 9.74. The molecule has 1 saturated carbocycles. The first kappa shape index (κ1) is 17.2. The van der Waals surface area contributed by atoms with Crippen LogP contribution in [0.5, 0.6) is 0 Å². The van der Waals surface area contributed by atoms with Gasteiger partial charge in [0.1, 0.15) is 0 Å². The highest BCUT2D eigenvalue weighted by atomic mass is 16.3. The fourth-order valence-corrected chi connectivity index (χ4v) is 4.22. The number of hydrogen-bond donors (Lipinski definition) is 2. The van der Waals surface area contributed by atoms with E-state index in [9.17, 15) is 5.11 Å². The molecule has 0 aromatic carbocycles. The van der Waals surface area contributed by atoms with Crippen molar-refractivity contribution in [1.29, 1.82) is 0 Å². The van der Waals surface area contributed by atoms with Crippen molar-refractivity contribution < 1.29 is 5.11 Å². The number of likely N-dealkylation sites (tertiary alicyclic amines) is 1. The molecule has 0 amide bonds. The van der Waals surface area contributed by atoms with Crippen LogP contribution in [-0.4, -0.2) is 48.8 Å². The van der Waals surface area contributed by atoms with Gasteiger partial charge in [-0.2, -0.15) is 0 Å². The quantitative estimate of drug-likeness (QED) is 0.758. The van der Waals surface area contributed by atoms with Gasteiger partial charge in [-0.1, -0.05) is 39.5 Å². The average molecular weight is 296 g/mol. The Morgan fingerprint density at radius 1 is 1.14 bits per heavy atom. The monoisotopic (exact) mass is 296 g/mol. The van der Waals surface area contributed by atoms with Gasteiger partial charge in [0, 0.05) is 19.1 Å². The smallest absolute Gasteiger partial charge is 0.0586 e. The van der Waals surface area contributed by atoms with Gasteiger partial charge in [0.25, 0.3) is 0 Å². The lowest BCUT2D eigenvalue weighted by atomic mass is 9.84. The molecule has 2 rings (SSSR count). The Bertz CT molecular complexity index is 287. The van der Waals surface area contributed by atoms with E-state index in [0.29, 0.717) is 18.1 Å². The summed E-state index contributed by atoms with van der Waals surface area (Å²) in [6.07, 6.45) is 10.6. The molecule has 0 radical (unpaired) electrons. The van der Waals surface area contributed by atoms with E-state index in [-0.39, 0.29) is 0 Å². The summed E-state index contributed by atoms with van der Waals surface area (Å²) in [7, 11) is 0. The SMILES string of the molecule is CC(C)CNCC1(CN2CCCCCC2CO)CCCC1. The lowest BCUT2D eigenvalue weighted by molar-refractivity contribution is 0.0745. The van der Waals surface area contributed by atoms with Crippen molar-refractivity contribution in [2.24, 2.45) is 11.3 Å². The zero-order chi connectivity index (χ0) is 15.1. The number of nitrogens with zero attached hydrogens (tertiary/aromatic N) is 1. The predicted octanol–water partition coefficient (Wildman–Crippen LogP) is 3.03. The first-order chi connectivity index (χ1) is 10.2. The van der Waals surface area contributed by atoms with Gasteiger partial charge in [-0.3, -0.25) is 4.90 Å². The predicted molar refractivity (Wildman–Crippen MR) is 89.5 cm³/mol. The molecule has 0 aromatic heterocycles. The van der Waals surface area contributed by atoms with Gasteiger partial charge in [0.2, 0.25) is 0 Å². The number of nitrogens with one attached hydrogen (secondary N) is 1. The van der Waals surface area contributed by atoms with Crippen LogP contribution in [0.2, 0.25) is 0 Å². The van der Waals surface area contributed by atoms with E-state index in [1.54, 1.807) is 0 Å². The molecule has 2 N–H and O–H groups in total. The van der Waals surface area contributed by atoms with Crippen LogP contribution < -0.4 is 5.32 Å². The zero-order valence-electron chi connectivity index (χ0n) is 14.2. The van der Waals surface area contributed by atoms with Crippen LogP contribution in [0.3, 0.4) is 0 Å². The zero-order valence-corrected chi connectivity index (χ0v) is 14.2. The third-order valence-electron chi connectivity index (χ3n) is 5.47. The first-order valence-corrected chi connectivity index (χ1v) is 9.21. The third-order valence-corrected chi connectivity index (χ3v) is 5.47. The molecule has 1 atom stereocenters. The van der Waals surface area contributed by atoms with E-state index < -0.39 is 0 Å². The minimum Gasteiger partial charge on any atom is -0.395 e. The minimum absolute atomic E-state index is 0.343. The molecule has 3 nitrogen and oxygen atoms in total. The van der Waals surface area contributed by atoms with Crippen LogP contribution >= 0.6 is 0 Å². The maximum Gasteiger partial charge on any atom is 0.0586 e. The largest absolute Gasteiger partial charge is 0.395 e. The lowest BCUT2D eigenvalue weighted by Gasteiger charge is -2.39. The Hall–Kier alpha value is -0.120. The van der Waals surface area contributed by atoms with E-state index in [4.69, 9.17) is 0 Å². The molecule has 1 aliphatic heterocycles. The van der Waals surface area contributed by atoms with Gasteiger partial charge in [0.05, 0.1) is 6.61 Å². The fraction of sp³-hybridized carbons (Fsp3) is 1.00. The van der Waals surface area contributed by atoms with E-state index in [2.05, 4.69) is 24.1 Å². The Morgan fingerprint density at radius 2 is 1.90 bits per heavy atom. The van der Waals surface area contributed by atoms with Crippen molar-refractivity contribution in [3.8, 4) is 0 Å². The highest BCUT2D eigenvalue weighted by Gasteiger charge is 2.37. The minimum atomic E-state index is 0.343. The van der Waals surface area contributed by atoms with Gasteiger partial charge >= 0.3 is 0 Å². The summed E-state index contributed by atoms with van der Waals surface area (Å²) in [5.41, 5.74) is 0.465. The molecule has 2 fully saturated rings. The summed E-state index contributed by atoms with van der Waals surface area (Å²) in [6, 6.07) is 0.412. The average Bonchev–Trinajstić information content (AvgIpc) is 2.78. The van der Waals surface area contributed by atoms with Gasteiger partial charge in [0.15, 0.2) is 0 Å². The van der Waals surface area contributed by atoms with Crippen LogP contribution in [0.25, 0.3) is 0 Å². The number of rotatable bonds is 7. The summed E-state index contributed by atoms with van der Waals surface area (Å²) in [4.78, 5) is 2.62. The van der Waals surface area contributed by atoms with Crippen LogP contribution in [0.4, 0.5) is 0 Å². The maximum absolute atomic E-state index is 9.74. The third kappa shape index (κ3) is 5.22. The van der Waals surface area contributed by atoms with Gasteiger partial charge < -0.3 is 10.4 Å². The van der Waals surface area contributed by atoms with Crippen molar-refractivity contribution in [2.45, 2.75) is 71.3 Å². The molecule has 1 saturated heterocycles. The molecule has 1 aliphatic carbocycles. The molecule has 3 heteroatoms. The molecule has 0 spiro atoms. The molecule has 1 heterocycles. The normalized spacial score (nSPS) is 27.1. The second kappa shape index (κ2) is 8.50. The summed E-state index contributed by atoms with van der Waals surface area (Å²) in [5, 5.41) is 13.5. The molecule has 1 unspecified atom stereocenters. The highest BCUT2D eigenvalue weighted by molar-refractivity contribution is 4.91. The number of hydrogen-bond acceptors (Lipinski definition) is 3. The van der Waals surface area contributed by atoms with Gasteiger partial charge in [-0.25, -0.2) is 0 Å². The van der Waals surface area contributed by atoms with Crippen molar-refractivity contribution >= 4 is 0 Å². The van der Waals surface area contributed by atoms with Crippen LogP contribution in [0, 0.1) is 11.3 Å². The molecular formula is C18H36N2O. The van der Waals surface area contributed by atoms with E-state index >= 15 is 0 Å². The standard InChI is InChI=1S/C18H36N2O/c1-16(2)12-19-14-18(9-5-6-10-18)15-20-11-7-3-4-8-17(20)13-21/h16-17,19,21H,3-15H2,1-2H3. The summed E-state index contributed by atoms with van der Waals surface area (Å²) >= 11 is 0. The molecule has 124 valence electrons. The Morgan fingerprint density at radius 3 is 2.57 bits per heavy atom. The molecular weight excluding hydrogens is 260 g/mol. The first-order valence-electron chi connectivity index (χ1n) is 9.21. The van der Waals surface area contributed by atoms with Crippen molar-refractivity contribution in [3.63, 3.8) is 0 Å². The number of aliphatic hydroxyl groups excluding tert-OH is 1. The Labute approximate surface area is 131 Å². The Kier molecular flexibility index (Phi) is 6.97. The van der Waals surface area contributed by atoms with E-state index in [1.165, 1.54) is 71.0 Å². The second-order valence-electron chi connectivity index (χ2n) is 7.89. The van der Waals surface area contributed by atoms with Gasteiger partial charge in [-0.05, 0) is 50.1 Å². The number of aliphatic hydroxyl groups is 1. The highest BCUT2D eigenvalue weighted by Crippen LogP contribution is 2.39.